The highest BCUT2D eigenvalue weighted by molar-refractivity contribution is 7.90. The molecule has 0 spiro atoms. The molecule has 0 aliphatic rings. The summed E-state index contributed by atoms with van der Waals surface area (Å²) >= 11 is 0. The van der Waals surface area contributed by atoms with E-state index in [4.69, 9.17) is 5.73 Å². The van der Waals surface area contributed by atoms with Crippen molar-refractivity contribution in [2.24, 2.45) is 0 Å². The lowest BCUT2D eigenvalue weighted by Crippen LogP contribution is -2.15. The van der Waals surface area contributed by atoms with Crippen LogP contribution in [0.5, 0.6) is 0 Å². The Bertz CT molecular complexity index is 766. The zero-order valence-corrected chi connectivity index (χ0v) is 11.7. The van der Waals surface area contributed by atoms with Crippen LogP contribution in [0, 0.1) is 6.92 Å². The Labute approximate surface area is 115 Å². The van der Waals surface area contributed by atoms with Gasteiger partial charge in [-0.05, 0) is 24.6 Å². The lowest BCUT2D eigenvalue weighted by atomic mass is 10.2. The van der Waals surface area contributed by atoms with Gasteiger partial charge in [0, 0.05) is 11.9 Å². The van der Waals surface area contributed by atoms with Crippen molar-refractivity contribution >= 4 is 27.4 Å². The number of H-pyrrole nitrogens is 1. The fourth-order valence-corrected chi connectivity index (χ4v) is 2.17. The summed E-state index contributed by atoms with van der Waals surface area (Å²) in [4.78, 5) is 15.7. The van der Waals surface area contributed by atoms with Crippen LogP contribution < -0.4 is 11.1 Å². The van der Waals surface area contributed by atoms with Crippen LogP contribution in [-0.4, -0.2) is 35.8 Å². The second-order valence-corrected chi connectivity index (χ2v) is 6.26. The van der Waals surface area contributed by atoms with Gasteiger partial charge in [-0.2, -0.15) is 4.98 Å². The van der Waals surface area contributed by atoms with E-state index in [9.17, 15) is 13.2 Å². The van der Waals surface area contributed by atoms with E-state index in [1.165, 1.54) is 12.1 Å². The lowest BCUT2D eigenvalue weighted by molar-refractivity contribution is 0.101. The highest BCUT2D eigenvalue weighted by Crippen LogP contribution is 2.20. The van der Waals surface area contributed by atoms with Crippen LogP contribution in [0.25, 0.3) is 0 Å². The Morgan fingerprint density at radius 1 is 1.40 bits per heavy atom. The van der Waals surface area contributed by atoms with Crippen molar-refractivity contribution in [3.63, 3.8) is 0 Å². The SMILES string of the molecule is Cc1ccc(S(C)(=O)=O)cc1NC(=O)c1nc(N)n[nH]1. The number of amides is 1. The number of aryl methyl sites for hydroxylation is 1. The van der Waals surface area contributed by atoms with Crippen LogP contribution in [0.1, 0.15) is 16.2 Å². The molecule has 0 radical (unpaired) electrons. The van der Waals surface area contributed by atoms with E-state index in [-0.39, 0.29) is 16.7 Å². The minimum atomic E-state index is -3.35. The molecule has 2 aromatic rings. The van der Waals surface area contributed by atoms with Gasteiger partial charge in [-0.1, -0.05) is 6.07 Å². The van der Waals surface area contributed by atoms with Gasteiger partial charge < -0.3 is 11.1 Å². The first-order chi connectivity index (χ1) is 9.27. The highest BCUT2D eigenvalue weighted by Gasteiger charge is 2.14. The number of aromatic amines is 1. The smallest absolute Gasteiger partial charge is 0.293 e. The molecule has 0 saturated carbocycles. The molecule has 1 aromatic carbocycles. The maximum absolute atomic E-state index is 11.9. The maximum atomic E-state index is 11.9. The van der Waals surface area contributed by atoms with Crippen molar-refractivity contribution in [2.45, 2.75) is 11.8 Å². The summed E-state index contributed by atoms with van der Waals surface area (Å²) in [6.45, 7) is 1.75. The summed E-state index contributed by atoms with van der Waals surface area (Å²) in [5, 5.41) is 8.48. The summed E-state index contributed by atoms with van der Waals surface area (Å²) in [6.07, 6.45) is 1.10. The first kappa shape index (κ1) is 14.0. The first-order valence-corrected chi connectivity index (χ1v) is 7.46. The van der Waals surface area contributed by atoms with E-state index in [0.717, 1.165) is 11.8 Å². The number of sulfone groups is 1. The van der Waals surface area contributed by atoms with Crippen molar-refractivity contribution in [2.75, 3.05) is 17.3 Å². The largest absolute Gasteiger partial charge is 0.366 e. The van der Waals surface area contributed by atoms with Crippen molar-refractivity contribution in [1.29, 1.82) is 0 Å². The van der Waals surface area contributed by atoms with Gasteiger partial charge in [0.1, 0.15) is 0 Å². The second kappa shape index (κ2) is 4.93. The molecule has 8 nitrogen and oxygen atoms in total. The predicted octanol–water partition coefficient (Wildman–Crippen LogP) is 0.351. The molecule has 1 amide bonds. The molecule has 106 valence electrons. The van der Waals surface area contributed by atoms with Crippen LogP contribution in [0.3, 0.4) is 0 Å². The number of hydrogen-bond acceptors (Lipinski definition) is 6. The molecule has 0 bridgehead atoms. The number of carbonyl (C=O) groups is 1. The Morgan fingerprint density at radius 2 is 2.10 bits per heavy atom. The Morgan fingerprint density at radius 3 is 2.65 bits per heavy atom. The lowest BCUT2D eigenvalue weighted by Gasteiger charge is -2.08. The van der Waals surface area contributed by atoms with Gasteiger partial charge in [-0.3, -0.25) is 9.89 Å². The molecule has 1 heterocycles. The van der Waals surface area contributed by atoms with E-state index in [0.29, 0.717) is 5.69 Å². The zero-order chi connectivity index (χ0) is 14.9. The summed E-state index contributed by atoms with van der Waals surface area (Å²) in [5.74, 6) is -0.647. The fourth-order valence-electron chi connectivity index (χ4n) is 1.52. The van der Waals surface area contributed by atoms with E-state index in [1.54, 1.807) is 13.0 Å². The van der Waals surface area contributed by atoms with E-state index in [2.05, 4.69) is 20.5 Å². The van der Waals surface area contributed by atoms with Gasteiger partial charge in [0.05, 0.1) is 4.90 Å². The van der Waals surface area contributed by atoms with Gasteiger partial charge in [-0.25, -0.2) is 8.42 Å². The molecule has 1 aromatic heterocycles. The van der Waals surface area contributed by atoms with Gasteiger partial charge in [0.2, 0.25) is 11.8 Å². The van der Waals surface area contributed by atoms with E-state index in [1.807, 2.05) is 0 Å². The van der Waals surface area contributed by atoms with Crippen molar-refractivity contribution in [3.8, 4) is 0 Å². The Balaban J connectivity index is 2.31. The average Bonchev–Trinajstić information content (AvgIpc) is 2.77. The normalized spacial score (nSPS) is 11.3. The molecule has 0 aliphatic carbocycles. The number of rotatable bonds is 3. The highest BCUT2D eigenvalue weighted by atomic mass is 32.2. The third-order valence-electron chi connectivity index (χ3n) is 2.60. The van der Waals surface area contributed by atoms with Crippen LogP contribution in [0.4, 0.5) is 11.6 Å². The van der Waals surface area contributed by atoms with E-state index >= 15 is 0 Å². The zero-order valence-electron chi connectivity index (χ0n) is 10.8. The molecule has 4 N–H and O–H groups in total. The molecule has 0 aliphatic heterocycles. The third kappa shape index (κ3) is 2.94. The van der Waals surface area contributed by atoms with Crippen LogP contribution in [0.15, 0.2) is 23.1 Å². The molecule has 0 unspecified atom stereocenters. The maximum Gasteiger partial charge on any atom is 0.293 e. The second-order valence-electron chi connectivity index (χ2n) is 4.25. The number of nitrogens with two attached hydrogens (primary N) is 1. The van der Waals surface area contributed by atoms with Crippen LogP contribution >= 0.6 is 0 Å². The first-order valence-electron chi connectivity index (χ1n) is 5.57. The number of nitrogens with zero attached hydrogens (tertiary/aromatic N) is 2. The number of hydrogen-bond donors (Lipinski definition) is 3. The minimum absolute atomic E-state index is 0.0447. The molecule has 9 heteroatoms. The van der Waals surface area contributed by atoms with Gasteiger partial charge >= 0.3 is 0 Å². The monoisotopic (exact) mass is 295 g/mol. The van der Waals surface area contributed by atoms with Gasteiger partial charge in [0.25, 0.3) is 5.91 Å². The van der Waals surface area contributed by atoms with Gasteiger partial charge in [-0.15, -0.1) is 5.10 Å². The molecule has 20 heavy (non-hydrogen) atoms. The number of carbonyl (C=O) groups excluding carboxylic acids is 1. The number of nitrogen functional groups attached to an aromatic ring is 1. The summed E-state index contributed by atoms with van der Waals surface area (Å²) in [5.41, 5.74) is 6.41. The molecule has 0 saturated heterocycles. The summed E-state index contributed by atoms with van der Waals surface area (Å²) in [6, 6.07) is 4.48. The summed E-state index contributed by atoms with van der Waals surface area (Å²) < 4.78 is 23.0. The fraction of sp³-hybridized carbons (Fsp3) is 0.182. The Hall–Kier alpha value is -2.42. The average molecular weight is 295 g/mol. The quantitative estimate of drug-likeness (QED) is 0.748. The molecular weight excluding hydrogens is 282 g/mol. The molecular formula is C11H13N5O3S. The van der Waals surface area contributed by atoms with Crippen LogP contribution in [-0.2, 0) is 9.84 Å². The van der Waals surface area contributed by atoms with Crippen molar-refractivity contribution in [3.05, 3.63) is 29.6 Å². The standard InChI is InChI=1S/C11H13N5O3S/c1-6-3-4-7(20(2,18)19)5-8(6)13-10(17)9-14-11(12)16-15-9/h3-5H,1-2H3,(H,13,17)(H3,12,14,15,16). The predicted molar refractivity (Wildman–Crippen MR) is 73.0 cm³/mol. The van der Waals surface area contributed by atoms with Crippen LogP contribution in [0.2, 0.25) is 0 Å². The molecule has 0 fully saturated rings. The number of anilines is 2. The van der Waals surface area contributed by atoms with Gasteiger partial charge in [0.15, 0.2) is 9.84 Å². The molecule has 2 rings (SSSR count). The van der Waals surface area contributed by atoms with E-state index < -0.39 is 15.7 Å². The number of nitrogens with one attached hydrogen (secondary N) is 2. The van der Waals surface area contributed by atoms with Crippen molar-refractivity contribution < 1.29 is 13.2 Å². The topological polar surface area (TPSA) is 131 Å². The minimum Gasteiger partial charge on any atom is -0.366 e. The molecule has 0 atom stereocenters. The van der Waals surface area contributed by atoms with Crippen molar-refractivity contribution in [1.82, 2.24) is 15.2 Å². The number of aromatic nitrogens is 3. The number of benzene rings is 1. The third-order valence-corrected chi connectivity index (χ3v) is 3.71. The summed E-state index contributed by atoms with van der Waals surface area (Å²) in [7, 11) is -3.35. The Kier molecular flexibility index (Phi) is 3.45.